The molecular weight excluding hydrogens is 168 g/mol. The molecule has 1 fully saturated rings. The van der Waals surface area contributed by atoms with E-state index in [4.69, 9.17) is 10.8 Å². The highest BCUT2D eigenvalue weighted by molar-refractivity contribution is 5.84. The molecule has 0 bridgehead atoms. The highest BCUT2D eigenvalue weighted by Crippen LogP contribution is 2.24. The van der Waals surface area contributed by atoms with Gasteiger partial charge in [0.1, 0.15) is 0 Å². The number of aliphatic hydroxyl groups is 1. The Hall–Kier alpha value is -0.610. The van der Waals surface area contributed by atoms with Gasteiger partial charge < -0.3 is 15.7 Å². The summed E-state index contributed by atoms with van der Waals surface area (Å²) in [5, 5.41) is 8.85. The minimum atomic E-state index is -0.335. The van der Waals surface area contributed by atoms with Crippen LogP contribution >= 0.6 is 0 Å². The molecule has 0 spiro atoms. The van der Waals surface area contributed by atoms with Gasteiger partial charge in [-0.1, -0.05) is 0 Å². The van der Waals surface area contributed by atoms with Crippen LogP contribution in [0.1, 0.15) is 26.7 Å². The number of nitrogens with two attached hydrogens (primary N) is 1. The van der Waals surface area contributed by atoms with E-state index < -0.39 is 0 Å². The fraction of sp³-hybridized carbons (Fsp3) is 0.889. The summed E-state index contributed by atoms with van der Waals surface area (Å²) in [5.41, 5.74) is 5.34. The molecule has 4 nitrogen and oxygen atoms in total. The van der Waals surface area contributed by atoms with E-state index in [1.165, 1.54) is 0 Å². The van der Waals surface area contributed by atoms with Crippen LogP contribution in [0.2, 0.25) is 0 Å². The van der Waals surface area contributed by atoms with Gasteiger partial charge >= 0.3 is 0 Å². The normalized spacial score (nSPS) is 24.2. The fourth-order valence-electron chi connectivity index (χ4n) is 1.71. The third-order valence-electron chi connectivity index (χ3n) is 2.70. The minimum Gasteiger partial charge on any atom is -0.396 e. The summed E-state index contributed by atoms with van der Waals surface area (Å²) in [4.78, 5) is 13.3. The Morgan fingerprint density at radius 2 is 2.31 bits per heavy atom. The molecule has 3 N–H and O–H groups in total. The molecule has 0 saturated carbocycles. The molecule has 1 heterocycles. The van der Waals surface area contributed by atoms with Gasteiger partial charge in [-0.15, -0.1) is 0 Å². The van der Waals surface area contributed by atoms with Crippen LogP contribution in [0.3, 0.4) is 0 Å². The van der Waals surface area contributed by atoms with Gasteiger partial charge in [-0.3, -0.25) is 4.79 Å². The summed E-state index contributed by atoms with van der Waals surface area (Å²) in [7, 11) is 0. The van der Waals surface area contributed by atoms with Gasteiger partial charge in [-0.25, -0.2) is 0 Å². The number of hydrogen-bond acceptors (Lipinski definition) is 3. The Bertz CT molecular complexity index is 204. The first-order valence-electron chi connectivity index (χ1n) is 4.67. The Morgan fingerprint density at radius 3 is 2.69 bits per heavy atom. The molecule has 13 heavy (non-hydrogen) atoms. The Labute approximate surface area is 78.7 Å². The van der Waals surface area contributed by atoms with Crippen molar-refractivity contribution in [1.29, 1.82) is 0 Å². The van der Waals surface area contributed by atoms with E-state index in [9.17, 15) is 4.79 Å². The van der Waals surface area contributed by atoms with Crippen LogP contribution in [-0.2, 0) is 4.79 Å². The second-order valence-electron chi connectivity index (χ2n) is 4.17. The van der Waals surface area contributed by atoms with E-state index in [2.05, 4.69) is 0 Å². The lowest BCUT2D eigenvalue weighted by molar-refractivity contribution is -0.133. The molecule has 1 rings (SSSR count). The van der Waals surface area contributed by atoms with E-state index in [-0.39, 0.29) is 24.1 Å². The van der Waals surface area contributed by atoms with Gasteiger partial charge in [0.2, 0.25) is 5.91 Å². The number of aliphatic hydroxyl groups excluding tert-OH is 1. The second-order valence-corrected chi connectivity index (χ2v) is 4.17. The molecule has 1 amide bonds. The van der Waals surface area contributed by atoms with Crippen LogP contribution < -0.4 is 5.73 Å². The zero-order chi connectivity index (χ0) is 10.1. The summed E-state index contributed by atoms with van der Waals surface area (Å²) in [6, 6.07) is -0.335. The van der Waals surface area contributed by atoms with Crippen LogP contribution in [0, 0.1) is 0 Å². The zero-order valence-corrected chi connectivity index (χ0v) is 8.29. The van der Waals surface area contributed by atoms with E-state index in [1.54, 1.807) is 4.90 Å². The first-order valence-corrected chi connectivity index (χ1v) is 4.67. The van der Waals surface area contributed by atoms with Gasteiger partial charge in [0, 0.05) is 18.7 Å². The van der Waals surface area contributed by atoms with Gasteiger partial charge in [-0.05, 0) is 26.7 Å². The van der Waals surface area contributed by atoms with Gasteiger partial charge in [0.25, 0.3) is 0 Å². The molecule has 1 aliphatic rings. The van der Waals surface area contributed by atoms with Crippen molar-refractivity contribution >= 4 is 5.91 Å². The van der Waals surface area contributed by atoms with E-state index >= 15 is 0 Å². The van der Waals surface area contributed by atoms with Crippen molar-refractivity contribution in [3.63, 3.8) is 0 Å². The van der Waals surface area contributed by atoms with Crippen LogP contribution in [0.25, 0.3) is 0 Å². The fourth-order valence-corrected chi connectivity index (χ4v) is 1.71. The monoisotopic (exact) mass is 186 g/mol. The number of amides is 1. The van der Waals surface area contributed by atoms with Crippen molar-refractivity contribution in [3.05, 3.63) is 0 Å². The van der Waals surface area contributed by atoms with Gasteiger partial charge in [0.05, 0.1) is 6.04 Å². The molecule has 0 aromatic rings. The van der Waals surface area contributed by atoms with E-state index in [1.807, 2.05) is 13.8 Å². The first kappa shape index (κ1) is 10.5. The van der Waals surface area contributed by atoms with Crippen molar-refractivity contribution in [2.75, 3.05) is 13.2 Å². The number of nitrogens with zero attached hydrogens (tertiary/aromatic N) is 1. The molecule has 1 aliphatic heterocycles. The molecule has 0 aromatic heterocycles. The van der Waals surface area contributed by atoms with Crippen LogP contribution in [0.15, 0.2) is 0 Å². The number of carbonyl (C=O) groups is 1. The van der Waals surface area contributed by atoms with Crippen molar-refractivity contribution in [1.82, 2.24) is 4.90 Å². The largest absolute Gasteiger partial charge is 0.396 e. The van der Waals surface area contributed by atoms with Gasteiger partial charge in [-0.2, -0.15) is 0 Å². The smallest absolute Gasteiger partial charge is 0.239 e. The maximum atomic E-state index is 11.5. The average molecular weight is 186 g/mol. The maximum absolute atomic E-state index is 11.5. The van der Waals surface area contributed by atoms with Gasteiger partial charge in [0.15, 0.2) is 0 Å². The standard InChI is InChI=1S/C9H18N2O2/c1-9(2,4-6-12)11-5-3-7(10)8(11)13/h7,12H,3-6,10H2,1-2H3. The summed E-state index contributed by atoms with van der Waals surface area (Å²) < 4.78 is 0. The topological polar surface area (TPSA) is 66.6 Å². The van der Waals surface area contributed by atoms with Crippen LogP contribution in [0.4, 0.5) is 0 Å². The predicted octanol–water partition coefficient (Wildman–Crippen LogP) is -0.293. The van der Waals surface area contributed by atoms with Crippen molar-refractivity contribution in [2.24, 2.45) is 5.73 Å². The molecule has 1 atom stereocenters. The summed E-state index contributed by atoms with van der Waals surface area (Å²) in [6.07, 6.45) is 1.33. The zero-order valence-electron chi connectivity index (χ0n) is 8.29. The Morgan fingerprint density at radius 1 is 1.69 bits per heavy atom. The third-order valence-corrected chi connectivity index (χ3v) is 2.70. The SMILES string of the molecule is CC(C)(CCO)N1CCC(N)C1=O. The van der Waals surface area contributed by atoms with Crippen molar-refractivity contribution < 1.29 is 9.90 Å². The van der Waals surface area contributed by atoms with Crippen molar-refractivity contribution in [2.45, 2.75) is 38.3 Å². The number of rotatable bonds is 3. The average Bonchev–Trinajstić information content (AvgIpc) is 2.33. The maximum Gasteiger partial charge on any atom is 0.239 e. The molecule has 4 heteroatoms. The van der Waals surface area contributed by atoms with Crippen LogP contribution in [0.5, 0.6) is 0 Å². The Kier molecular flexibility index (Phi) is 2.93. The molecule has 1 saturated heterocycles. The highest BCUT2D eigenvalue weighted by atomic mass is 16.3. The summed E-state index contributed by atoms with van der Waals surface area (Å²) in [6.45, 7) is 4.73. The molecule has 0 radical (unpaired) electrons. The second kappa shape index (κ2) is 3.64. The molecular formula is C9H18N2O2. The number of carbonyl (C=O) groups excluding carboxylic acids is 1. The molecule has 1 unspecified atom stereocenters. The lowest BCUT2D eigenvalue weighted by Crippen LogP contribution is -2.47. The van der Waals surface area contributed by atoms with Crippen molar-refractivity contribution in [3.8, 4) is 0 Å². The molecule has 0 aromatic carbocycles. The first-order chi connectivity index (χ1) is 5.99. The lowest BCUT2D eigenvalue weighted by atomic mass is 9.99. The Balaban J connectivity index is 2.66. The highest BCUT2D eigenvalue weighted by Gasteiger charge is 2.37. The quantitative estimate of drug-likeness (QED) is 0.636. The predicted molar refractivity (Wildman–Crippen MR) is 50.1 cm³/mol. The summed E-state index contributed by atoms with van der Waals surface area (Å²) >= 11 is 0. The van der Waals surface area contributed by atoms with E-state index in [0.29, 0.717) is 13.0 Å². The molecule has 76 valence electrons. The summed E-state index contributed by atoms with van der Waals surface area (Å²) in [5.74, 6) is 0.0125. The van der Waals surface area contributed by atoms with Crippen LogP contribution in [-0.4, -0.2) is 40.6 Å². The number of hydrogen-bond donors (Lipinski definition) is 2. The molecule has 0 aliphatic carbocycles. The van der Waals surface area contributed by atoms with E-state index in [0.717, 1.165) is 6.42 Å². The number of likely N-dealkylation sites (tertiary alicyclic amines) is 1. The minimum absolute atomic E-state index is 0.0125. The lowest BCUT2D eigenvalue weighted by Gasteiger charge is -2.35. The third kappa shape index (κ3) is 2.00.